The fourth-order valence-electron chi connectivity index (χ4n) is 3.38. The fraction of sp³-hybridized carbons (Fsp3) is 0.120. The van der Waals surface area contributed by atoms with E-state index in [1.807, 2.05) is 0 Å². The van der Waals surface area contributed by atoms with E-state index < -0.39 is 0 Å². The number of hydrogen-bond donors (Lipinski definition) is 1. The smallest absolute Gasteiger partial charge is 0.0178 e. The summed E-state index contributed by atoms with van der Waals surface area (Å²) < 4.78 is 0. The molecule has 4 aromatic rings. The first kappa shape index (κ1) is 16.6. The molecule has 2 N–H and O–H groups in total. The standard InChI is InChI=1S/C25H23N/c26-18-21-10-15-24(16-11-21)23-12-7-19(8-13-23)5-6-20-9-14-22-3-1-2-4-25(22)17-20/h1-4,7-17H,5-6,18,26H2. The second-order valence-electron chi connectivity index (χ2n) is 6.78. The summed E-state index contributed by atoms with van der Waals surface area (Å²) in [5, 5.41) is 2.63. The molecule has 0 spiro atoms. The molecular weight excluding hydrogens is 314 g/mol. The van der Waals surface area contributed by atoms with Gasteiger partial charge in [0.2, 0.25) is 0 Å². The van der Waals surface area contributed by atoms with Gasteiger partial charge in [-0.1, -0.05) is 91.0 Å². The number of rotatable bonds is 5. The van der Waals surface area contributed by atoms with Crippen LogP contribution in [-0.4, -0.2) is 0 Å². The lowest BCUT2D eigenvalue weighted by Gasteiger charge is -2.07. The Morgan fingerprint density at radius 2 is 1.04 bits per heavy atom. The van der Waals surface area contributed by atoms with Crippen LogP contribution in [0, 0.1) is 0 Å². The molecular formula is C25H23N. The maximum Gasteiger partial charge on any atom is 0.0178 e. The van der Waals surface area contributed by atoms with Gasteiger partial charge in [-0.15, -0.1) is 0 Å². The molecule has 0 saturated heterocycles. The van der Waals surface area contributed by atoms with Crippen LogP contribution in [0.2, 0.25) is 0 Å². The number of benzene rings is 4. The summed E-state index contributed by atoms with van der Waals surface area (Å²) in [6.07, 6.45) is 2.13. The van der Waals surface area contributed by atoms with Crippen molar-refractivity contribution in [1.29, 1.82) is 0 Å². The van der Waals surface area contributed by atoms with Crippen LogP contribution in [0.25, 0.3) is 21.9 Å². The summed E-state index contributed by atoms with van der Waals surface area (Å²) in [6, 6.07) is 32.7. The first-order valence-electron chi connectivity index (χ1n) is 9.18. The predicted octanol–water partition coefficient (Wildman–Crippen LogP) is 5.75. The van der Waals surface area contributed by atoms with Gasteiger partial charge in [0, 0.05) is 6.54 Å². The average Bonchev–Trinajstić information content (AvgIpc) is 2.72. The SMILES string of the molecule is NCc1ccc(-c2ccc(CCc3ccc4ccccc4c3)cc2)cc1. The van der Waals surface area contributed by atoms with E-state index in [2.05, 4.69) is 91.0 Å². The quantitative estimate of drug-likeness (QED) is 0.493. The van der Waals surface area contributed by atoms with Gasteiger partial charge in [0.15, 0.2) is 0 Å². The first-order valence-corrected chi connectivity index (χ1v) is 9.18. The summed E-state index contributed by atoms with van der Waals surface area (Å²) in [4.78, 5) is 0. The van der Waals surface area contributed by atoms with Crippen molar-refractivity contribution >= 4 is 10.8 Å². The monoisotopic (exact) mass is 337 g/mol. The van der Waals surface area contributed by atoms with Crippen molar-refractivity contribution < 1.29 is 0 Å². The van der Waals surface area contributed by atoms with Crippen molar-refractivity contribution in [1.82, 2.24) is 0 Å². The molecule has 1 heteroatoms. The molecule has 0 aliphatic rings. The van der Waals surface area contributed by atoms with E-state index in [1.165, 1.54) is 38.6 Å². The van der Waals surface area contributed by atoms with Crippen molar-refractivity contribution in [3.05, 3.63) is 108 Å². The molecule has 0 bridgehead atoms. The minimum absolute atomic E-state index is 0.591. The Morgan fingerprint density at radius 1 is 0.500 bits per heavy atom. The lowest BCUT2D eigenvalue weighted by Crippen LogP contribution is -1.95. The second-order valence-corrected chi connectivity index (χ2v) is 6.78. The fourth-order valence-corrected chi connectivity index (χ4v) is 3.38. The van der Waals surface area contributed by atoms with Gasteiger partial charge >= 0.3 is 0 Å². The molecule has 4 rings (SSSR count). The van der Waals surface area contributed by atoms with Crippen LogP contribution in [0.15, 0.2) is 91.0 Å². The van der Waals surface area contributed by atoms with Crippen LogP contribution < -0.4 is 5.73 Å². The maximum atomic E-state index is 5.67. The summed E-state index contributed by atoms with van der Waals surface area (Å²) >= 11 is 0. The van der Waals surface area contributed by atoms with E-state index in [0.29, 0.717) is 6.54 Å². The third-order valence-electron chi connectivity index (χ3n) is 4.99. The molecule has 0 aliphatic carbocycles. The molecule has 4 aromatic carbocycles. The van der Waals surface area contributed by atoms with Gasteiger partial charge < -0.3 is 5.73 Å². The Kier molecular flexibility index (Phi) is 4.81. The molecule has 1 nitrogen and oxygen atoms in total. The Hall–Kier alpha value is -2.90. The Bertz CT molecular complexity index is 998. The van der Waals surface area contributed by atoms with Crippen LogP contribution in [0.4, 0.5) is 0 Å². The number of nitrogens with two attached hydrogens (primary N) is 1. The molecule has 0 unspecified atom stereocenters. The predicted molar refractivity (Wildman–Crippen MR) is 111 cm³/mol. The average molecular weight is 337 g/mol. The van der Waals surface area contributed by atoms with Crippen molar-refractivity contribution in [3.63, 3.8) is 0 Å². The zero-order valence-electron chi connectivity index (χ0n) is 14.9. The van der Waals surface area contributed by atoms with Crippen LogP contribution in [0.1, 0.15) is 16.7 Å². The molecule has 0 aromatic heterocycles. The molecule has 0 aliphatic heterocycles. The highest BCUT2D eigenvalue weighted by atomic mass is 14.5. The Balaban J connectivity index is 1.44. The van der Waals surface area contributed by atoms with Crippen LogP contribution >= 0.6 is 0 Å². The number of aryl methyl sites for hydroxylation is 2. The van der Waals surface area contributed by atoms with Crippen molar-refractivity contribution in [2.75, 3.05) is 0 Å². The van der Waals surface area contributed by atoms with Crippen LogP contribution in [0.3, 0.4) is 0 Å². The van der Waals surface area contributed by atoms with Gasteiger partial charge in [-0.05, 0) is 51.4 Å². The second kappa shape index (κ2) is 7.55. The first-order chi connectivity index (χ1) is 12.8. The largest absolute Gasteiger partial charge is 0.326 e. The Morgan fingerprint density at radius 3 is 1.69 bits per heavy atom. The van der Waals surface area contributed by atoms with E-state index in [-0.39, 0.29) is 0 Å². The molecule has 0 heterocycles. The van der Waals surface area contributed by atoms with Crippen molar-refractivity contribution in [3.8, 4) is 11.1 Å². The topological polar surface area (TPSA) is 26.0 Å². The minimum Gasteiger partial charge on any atom is -0.326 e. The van der Waals surface area contributed by atoms with Gasteiger partial charge in [0.1, 0.15) is 0 Å². The summed E-state index contributed by atoms with van der Waals surface area (Å²) in [5.41, 5.74) is 12.1. The van der Waals surface area contributed by atoms with E-state index in [9.17, 15) is 0 Å². The summed E-state index contributed by atoms with van der Waals surface area (Å²) in [6.45, 7) is 0.591. The van der Waals surface area contributed by atoms with Gasteiger partial charge in [-0.3, -0.25) is 0 Å². The normalized spacial score (nSPS) is 11.0. The molecule has 128 valence electrons. The maximum absolute atomic E-state index is 5.67. The zero-order chi connectivity index (χ0) is 17.8. The number of fused-ring (bicyclic) bond motifs is 1. The summed E-state index contributed by atoms with van der Waals surface area (Å²) in [5.74, 6) is 0. The third-order valence-corrected chi connectivity index (χ3v) is 4.99. The van der Waals surface area contributed by atoms with Gasteiger partial charge in [0.25, 0.3) is 0 Å². The van der Waals surface area contributed by atoms with E-state index in [0.717, 1.165) is 12.8 Å². The number of hydrogen-bond acceptors (Lipinski definition) is 1. The zero-order valence-corrected chi connectivity index (χ0v) is 14.9. The Labute approximate surface area is 155 Å². The molecule has 0 atom stereocenters. The minimum atomic E-state index is 0.591. The highest BCUT2D eigenvalue weighted by Crippen LogP contribution is 2.22. The van der Waals surface area contributed by atoms with Gasteiger partial charge in [0.05, 0.1) is 0 Å². The van der Waals surface area contributed by atoms with Gasteiger partial charge in [-0.2, -0.15) is 0 Å². The lowest BCUT2D eigenvalue weighted by atomic mass is 9.98. The summed E-state index contributed by atoms with van der Waals surface area (Å²) in [7, 11) is 0. The van der Waals surface area contributed by atoms with Crippen LogP contribution in [-0.2, 0) is 19.4 Å². The van der Waals surface area contributed by atoms with Crippen LogP contribution in [0.5, 0.6) is 0 Å². The van der Waals surface area contributed by atoms with E-state index in [4.69, 9.17) is 5.73 Å². The van der Waals surface area contributed by atoms with E-state index in [1.54, 1.807) is 0 Å². The van der Waals surface area contributed by atoms with Crippen molar-refractivity contribution in [2.24, 2.45) is 5.73 Å². The molecule has 0 amide bonds. The third kappa shape index (κ3) is 3.68. The highest BCUT2D eigenvalue weighted by molar-refractivity contribution is 5.83. The molecule has 0 saturated carbocycles. The van der Waals surface area contributed by atoms with Crippen molar-refractivity contribution in [2.45, 2.75) is 19.4 Å². The molecule has 26 heavy (non-hydrogen) atoms. The van der Waals surface area contributed by atoms with Gasteiger partial charge in [-0.25, -0.2) is 0 Å². The molecule has 0 fully saturated rings. The molecule has 0 radical (unpaired) electrons. The highest BCUT2D eigenvalue weighted by Gasteiger charge is 2.01. The lowest BCUT2D eigenvalue weighted by molar-refractivity contribution is 0.962. The van der Waals surface area contributed by atoms with E-state index >= 15 is 0 Å².